The van der Waals surface area contributed by atoms with Crippen LogP contribution in [0.15, 0.2) is 54.6 Å². The second kappa shape index (κ2) is 11.0. The van der Waals surface area contributed by atoms with E-state index in [0.717, 1.165) is 37.8 Å². The van der Waals surface area contributed by atoms with Crippen LogP contribution < -0.4 is 20.5 Å². The molecule has 2 amide bonds. The molecule has 0 saturated heterocycles. The Hall–Kier alpha value is -3.69. The first kappa shape index (κ1) is 25.9. The van der Waals surface area contributed by atoms with Crippen LogP contribution in [0.1, 0.15) is 52.0 Å². The normalized spacial score (nSPS) is 18.2. The molecule has 1 aliphatic carbocycles. The molecule has 198 valence electrons. The third-order valence-corrected chi connectivity index (χ3v) is 7.20. The largest absolute Gasteiger partial charge is 0.454 e. The Morgan fingerprint density at radius 1 is 0.921 bits per heavy atom. The predicted octanol–water partition coefficient (Wildman–Crippen LogP) is 5.51. The van der Waals surface area contributed by atoms with Crippen molar-refractivity contribution in [1.29, 1.82) is 0 Å². The van der Waals surface area contributed by atoms with Gasteiger partial charge in [0.2, 0.25) is 6.79 Å². The number of benzene rings is 3. The van der Waals surface area contributed by atoms with E-state index in [1.54, 1.807) is 41.3 Å². The smallest absolute Gasteiger partial charge is 0.255 e. The van der Waals surface area contributed by atoms with Gasteiger partial charge in [-0.05, 0) is 79.8 Å². The maximum absolute atomic E-state index is 13.8. The molecule has 38 heavy (non-hydrogen) atoms. The highest BCUT2D eigenvalue weighted by molar-refractivity contribution is 6.31. The molecule has 3 aromatic rings. The Bertz CT molecular complexity index is 1360. The number of amides is 2. The van der Waals surface area contributed by atoms with Crippen molar-refractivity contribution in [3.63, 3.8) is 0 Å². The third kappa shape index (κ3) is 5.74. The monoisotopic (exact) mass is 541 g/mol. The molecule has 1 saturated carbocycles. The van der Waals surface area contributed by atoms with Crippen molar-refractivity contribution < 1.29 is 27.8 Å². The molecule has 0 bridgehead atoms. The molecular weight excluding hydrogens is 516 g/mol. The number of anilines is 1. The zero-order valence-corrected chi connectivity index (χ0v) is 21.1. The minimum Gasteiger partial charge on any atom is -0.454 e. The summed E-state index contributed by atoms with van der Waals surface area (Å²) in [5.41, 5.74) is 7.40. The topological polar surface area (TPSA) is 93.9 Å². The van der Waals surface area contributed by atoms with E-state index < -0.39 is 17.5 Å². The van der Waals surface area contributed by atoms with Crippen LogP contribution in [0.5, 0.6) is 11.5 Å². The zero-order valence-electron chi connectivity index (χ0n) is 20.4. The Balaban J connectivity index is 1.40. The van der Waals surface area contributed by atoms with Crippen LogP contribution in [-0.2, 0) is 6.54 Å². The Morgan fingerprint density at radius 3 is 2.37 bits per heavy atom. The highest BCUT2D eigenvalue weighted by atomic mass is 35.5. The van der Waals surface area contributed by atoms with Crippen molar-refractivity contribution in [2.24, 2.45) is 5.73 Å². The standard InChI is InChI=1S/C28H26ClF2N3O4/c29-24-7-4-22(33-27(35)17-9-19(30)13-20(31)10-17)11-18(24)14-34(23-5-2-21(32)3-6-23)28(36)16-1-8-25-26(12-16)38-15-37-25/h1,4,7-13,21,23H,2-3,5-6,14-15,32H2,(H,33,35). The highest BCUT2D eigenvalue weighted by Gasteiger charge is 2.30. The van der Waals surface area contributed by atoms with E-state index >= 15 is 0 Å². The van der Waals surface area contributed by atoms with Crippen molar-refractivity contribution >= 4 is 29.1 Å². The Morgan fingerprint density at radius 2 is 1.63 bits per heavy atom. The van der Waals surface area contributed by atoms with Crippen molar-refractivity contribution in [3.8, 4) is 11.5 Å². The highest BCUT2D eigenvalue weighted by Crippen LogP contribution is 2.34. The average molecular weight is 542 g/mol. The van der Waals surface area contributed by atoms with E-state index in [1.165, 1.54) is 0 Å². The van der Waals surface area contributed by atoms with Crippen molar-refractivity contribution in [1.82, 2.24) is 4.90 Å². The van der Waals surface area contributed by atoms with E-state index in [1.807, 2.05) is 0 Å². The maximum atomic E-state index is 13.8. The number of hydrogen-bond donors (Lipinski definition) is 2. The summed E-state index contributed by atoms with van der Waals surface area (Å²) in [4.78, 5) is 28.2. The zero-order chi connectivity index (χ0) is 26.8. The second-order valence-electron chi connectivity index (χ2n) is 9.49. The first-order valence-electron chi connectivity index (χ1n) is 12.3. The Kier molecular flexibility index (Phi) is 7.49. The SMILES string of the molecule is NC1CCC(N(Cc2cc(NC(=O)c3cc(F)cc(F)c3)ccc2Cl)C(=O)c2ccc3c(c2)OCO3)CC1. The fourth-order valence-corrected chi connectivity index (χ4v) is 5.00. The van der Waals surface area contributed by atoms with E-state index in [2.05, 4.69) is 5.32 Å². The molecule has 7 nitrogen and oxygen atoms in total. The van der Waals surface area contributed by atoms with Crippen LogP contribution in [0.4, 0.5) is 14.5 Å². The fourth-order valence-electron chi connectivity index (χ4n) is 4.82. The number of nitrogens with one attached hydrogen (secondary N) is 1. The number of carbonyl (C=O) groups excluding carboxylic acids is 2. The van der Waals surface area contributed by atoms with E-state index in [-0.39, 0.29) is 36.9 Å². The average Bonchev–Trinajstić information content (AvgIpc) is 3.37. The number of nitrogens with zero attached hydrogens (tertiary/aromatic N) is 1. The minimum atomic E-state index is -0.850. The van der Waals surface area contributed by atoms with Crippen LogP contribution >= 0.6 is 11.6 Å². The summed E-state index contributed by atoms with van der Waals surface area (Å²) < 4.78 is 38.0. The molecular formula is C28H26ClF2N3O4. The summed E-state index contributed by atoms with van der Waals surface area (Å²) in [7, 11) is 0. The quantitative estimate of drug-likeness (QED) is 0.429. The van der Waals surface area contributed by atoms with Gasteiger partial charge in [-0.1, -0.05) is 11.6 Å². The van der Waals surface area contributed by atoms with E-state index in [4.69, 9.17) is 26.8 Å². The van der Waals surface area contributed by atoms with Crippen LogP contribution in [0.25, 0.3) is 0 Å². The lowest BCUT2D eigenvalue weighted by atomic mass is 9.90. The lowest BCUT2D eigenvalue weighted by Gasteiger charge is -2.36. The second-order valence-corrected chi connectivity index (χ2v) is 9.90. The first-order valence-corrected chi connectivity index (χ1v) is 12.7. The number of halogens is 3. The maximum Gasteiger partial charge on any atom is 0.255 e. The molecule has 2 aliphatic rings. The molecule has 5 rings (SSSR count). The molecule has 1 aliphatic heterocycles. The summed E-state index contributed by atoms with van der Waals surface area (Å²) in [5.74, 6) is -1.47. The van der Waals surface area contributed by atoms with Gasteiger partial charge in [-0.3, -0.25) is 9.59 Å². The number of carbonyl (C=O) groups is 2. The lowest BCUT2D eigenvalue weighted by Crippen LogP contribution is -2.43. The minimum absolute atomic E-state index is 0.0580. The number of fused-ring (bicyclic) bond motifs is 1. The van der Waals surface area contributed by atoms with E-state index in [9.17, 15) is 18.4 Å². The number of nitrogens with two attached hydrogens (primary N) is 1. The molecule has 0 atom stereocenters. The molecule has 3 aromatic carbocycles. The summed E-state index contributed by atoms with van der Waals surface area (Å²) >= 11 is 6.52. The summed E-state index contributed by atoms with van der Waals surface area (Å²) in [6.45, 7) is 0.290. The van der Waals surface area contributed by atoms with Gasteiger partial charge in [0.25, 0.3) is 11.8 Å². The van der Waals surface area contributed by atoms with Crippen molar-refractivity contribution in [2.75, 3.05) is 12.1 Å². The molecule has 0 unspecified atom stereocenters. The van der Waals surface area contributed by atoms with Gasteiger partial charge in [-0.2, -0.15) is 0 Å². The van der Waals surface area contributed by atoms with Gasteiger partial charge in [0, 0.05) is 46.5 Å². The van der Waals surface area contributed by atoms with Gasteiger partial charge in [-0.25, -0.2) is 8.78 Å². The molecule has 1 fully saturated rings. The summed E-state index contributed by atoms with van der Waals surface area (Å²) in [6, 6.07) is 12.6. The third-order valence-electron chi connectivity index (χ3n) is 6.83. The number of rotatable bonds is 6. The van der Waals surface area contributed by atoms with Gasteiger partial charge in [-0.15, -0.1) is 0 Å². The van der Waals surface area contributed by atoms with Gasteiger partial charge < -0.3 is 25.4 Å². The number of ether oxygens (including phenoxy) is 2. The van der Waals surface area contributed by atoms with Crippen molar-refractivity contribution in [3.05, 3.63) is 87.9 Å². The van der Waals surface area contributed by atoms with Gasteiger partial charge in [0.1, 0.15) is 11.6 Å². The lowest BCUT2D eigenvalue weighted by molar-refractivity contribution is 0.0606. The van der Waals surface area contributed by atoms with Gasteiger partial charge in [0.05, 0.1) is 0 Å². The van der Waals surface area contributed by atoms with E-state index in [0.29, 0.717) is 39.4 Å². The predicted molar refractivity (Wildman–Crippen MR) is 138 cm³/mol. The first-order chi connectivity index (χ1) is 18.3. The van der Waals surface area contributed by atoms with Gasteiger partial charge >= 0.3 is 0 Å². The fraction of sp³-hybridized carbons (Fsp3) is 0.286. The molecule has 1 heterocycles. The summed E-state index contributed by atoms with van der Waals surface area (Å²) in [5, 5.41) is 3.06. The molecule has 0 spiro atoms. The van der Waals surface area contributed by atoms with Crippen molar-refractivity contribution in [2.45, 2.75) is 44.3 Å². The molecule has 0 radical (unpaired) electrons. The molecule has 0 aromatic heterocycles. The van der Waals surface area contributed by atoms with Crippen LogP contribution in [0, 0.1) is 11.6 Å². The molecule has 3 N–H and O–H groups in total. The van der Waals surface area contributed by atoms with Gasteiger partial charge in [0.15, 0.2) is 11.5 Å². The van der Waals surface area contributed by atoms with Crippen LogP contribution in [-0.4, -0.2) is 35.6 Å². The number of hydrogen-bond acceptors (Lipinski definition) is 5. The van der Waals surface area contributed by atoms with Crippen LogP contribution in [0.3, 0.4) is 0 Å². The van der Waals surface area contributed by atoms with Crippen LogP contribution in [0.2, 0.25) is 5.02 Å². The molecule has 10 heteroatoms. The summed E-state index contributed by atoms with van der Waals surface area (Å²) in [6.07, 6.45) is 3.08. The Labute approximate surface area is 223 Å².